The van der Waals surface area contributed by atoms with E-state index in [1.165, 1.54) is 0 Å². The smallest absolute Gasteiger partial charge is 0.198 e. The molecule has 0 saturated carbocycles. The summed E-state index contributed by atoms with van der Waals surface area (Å²) in [4.78, 5) is 22.1. The summed E-state index contributed by atoms with van der Waals surface area (Å²) in [5.74, 6) is -0.0646. The van der Waals surface area contributed by atoms with Gasteiger partial charge in [-0.2, -0.15) is 0 Å². The summed E-state index contributed by atoms with van der Waals surface area (Å²) in [7, 11) is 0. The highest BCUT2D eigenvalue weighted by Crippen LogP contribution is 2.28. The number of para-hydroxylation sites is 2. The Labute approximate surface area is 143 Å². The molecule has 0 N–H and O–H groups in total. The average molecular weight is 323 g/mol. The van der Waals surface area contributed by atoms with E-state index in [1.807, 2.05) is 59.1 Å². The van der Waals surface area contributed by atoms with Crippen molar-refractivity contribution in [2.75, 3.05) is 0 Å². The van der Waals surface area contributed by atoms with Crippen molar-refractivity contribution >= 4 is 33.2 Å². The SMILES string of the molecule is O=C(c1cccnc1)c1c2ccccc2cn2c1nc1ccccc12. The van der Waals surface area contributed by atoms with Gasteiger partial charge >= 0.3 is 0 Å². The molecule has 3 heterocycles. The fraction of sp³-hybridized carbons (Fsp3) is 0. The molecule has 5 rings (SSSR count). The summed E-state index contributed by atoms with van der Waals surface area (Å²) in [5, 5.41) is 1.91. The zero-order valence-electron chi connectivity index (χ0n) is 13.3. The molecular weight excluding hydrogens is 310 g/mol. The molecule has 0 bridgehead atoms. The molecule has 3 aromatic heterocycles. The molecule has 0 amide bonds. The Balaban J connectivity index is 1.95. The summed E-state index contributed by atoms with van der Waals surface area (Å²) in [5.41, 5.74) is 3.71. The van der Waals surface area contributed by atoms with Crippen LogP contribution in [0.25, 0.3) is 27.5 Å². The third kappa shape index (κ3) is 2.04. The van der Waals surface area contributed by atoms with Crippen molar-refractivity contribution in [1.29, 1.82) is 0 Å². The van der Waals surface area contributed by atoms with E-state index in [4.69, 9.17) is 4.98 Å². The maximum absolute atomic E-state index is 13.3. The Morgan fingerprint density at radius 3 is 2.64 bits per heavy atom. The van der Waals surface area contributed by atoms with Gasteiger partial charge in [0.15, 0.2) is 5.78 Å². The van der Waals surface area contributed by atoms with Crippen LogP contribution in [0.2, 0.25) is 0 Å². The lowest BCUT2D eigenvalue weighted by Gasteiger charge is -2.08. The zero-order valence-corrected chi connectivity index (χ0v) is 13.3. The topological polar surface area (TPSA) is 47.3 Å². The van der Waals surface area contributed by atoms with Gasteiger partial charge in [-0.1, -0.05) is 36.4 Å². The molecule has 0 aliphatic rings. The Morgan fingerprint density at radius 1 is 0.920 bits per heavy atom. The van der Waals surface area contributed by atoms with Crippen LogP contribution in [0.3, 0.4) is 0 Å². The van der Waals surface area contributed by atoms with Crippen molar-refractivity contribution in [2.45, 2.75) is 0 Å². The van der Waals surface area contributed by atoms with E-state index in [1.54, 1.807) is 24.5 Å². The van der Waals surface area contributed by atoms with Gasteiger partial charge < -0.3 is 0 Å². The van der Waals surface area contributed by atoms with Crippen molar-refractivity contribution < 1.29 is 4.79 Å². The predicted molar refractivity (Wildman–Crippen MR) is 97.9 cm³/mol. The lowest BCUT2D eigenvalue weighted by molar-refractivity contribution is 0.104. The molecule has 0 aliphatic heterocycles. The molecule has 0 unspecified atom stereocenters. The van der Waals surface area contributed by atoms with Crippen LogP contribution in [0.4, 0.5) is 0 Å². The maximum atomic E-state index is 13.3. The normalized spacial score (nSPS) is 11.4. The van der Waals surface area contributed by atoms with Gasteiger partial charge in [-0.15, -0.1) is 0 Å². The monoisotopic (exact) mass is 323 g/mol. The van der Waals surface area contributed by atoms with E-state index in [0.717, 1.165) is 21.8 Å². The van der Waals surface area contributed by atoms with Gasteiger partial charge in [-0.05, 0) is 35.0 Å². The molecular formula is C21H13N3O. The third-order valence-electron chi connectivity index (χ3n) is 4.47. The fourth-order valence-corrected chi connectivity index (χ4v) is 3.31. The number of rotatable bonds is 2. The summed E-state index contributed by atoms with van der Waals surface area (Å²) in [6, 6.07) is 19.4. The van der Waals surface area contributed by atoms with Crippen molar-refractivity contribution in [3.8, 4) is 0 Å². The largest absolute Gasteiger partial charge is 0.298 e. The first-order valence-corrected chi connectivity index (χ1v) is 8.06. The van der Waals surface area contributed by atoms with Crippen LogP contribution in [-0.2, 0) is 0 Å². The van der Waals surface area contributed by atoms with Crippen molar-refractivity contribution in [2.24, 2.45) is 0 Å². The van der Waals surface area contributed by atoms with Crippen LogP contribution in [-0.4, -0.2) is 20.2 Å². The molecule has 4 nitrogen and oxygen atoms in total. The van der Waals surface area contributed by atoms with Crippen molar-refractivity contribution in [1.82, 2.24) is 14.4 Å². The Hall–Kier alpha value is -3.53. The highest BCUT2D eigenvalue weighted by Gasteiger charge is 2.20. The van der Waals surface area contributed by atoms with E-state index in [0.29, 0.717) is 16.8 Å². The summed E-state index contributed by atoms with van der Waals surface area (Å²) in [6.45, 7) is 0. The number of aromatic nitrogens is 3. The van der Waals surface area contributed by atoms with Crippen LogP contribution < -0.4 is 0 Å². The number of ketones is 1. The number of imidazole rings is 1. The highest BCUT2D eigenvalue weighted by atomic mass is 16.1. The van der Waals surface area contributed by atoms with E-state index < -0.39 is 0 Å². The van der Waals surface area contributed by atoms with Gasteiger partial charge in [0.05, 0.1) is 16.6 Å². The van der Waals surface area contributed by atoms with Crippen LogP contribution in [0, 0.1) is 0 Å². The van der Waals surface area contributed by atoms with E-state index in [9.17, 15) is 4.79 Å². The molecule has 0 spiro atoms. The second-order valence-corrected chi connectivity index (χ2v) is 5.96. The second kappa shape index (κ2) is 5.24. The molecule has 0 aliphatic carbocycles. The van der Waals surface area contributed by atoms with Crippen molar-refractivity contribution in [3.63, 3.8) is 0 Å². The van der Waals surface area contributed by atoms with E-state index in [-0.39, 0.29) is 5.78 Å². The Kier molecular flexibility index (Phi) is 2.91. The molecule has 0 fully saturated rings. The fourth-order valence-electron chi connectivity index (χ4n) is 3.31. The standard InChI is InChI=1S/C21H13N3O/c25-20(14-7-5-11-22-12-14)19-16-8-2-1-6-15(16)13-24-18-10-4-3-9-17(18)23-21(19)24/h1-13H. The zero-order chi connectivity index (χ0) is 16.8. The Morgan fingerprint density at radius 2 is 1.76 bits per heavy atom. The van der Waals surface area contributed by atoms with E-state index >= 15 is 0 Å². The van der Waals surface area contributed by atoms with Crippen LogP contribution in [0.15, 0.2) is 79.3 Å². The summed E-state index contributed by atoms with van der Waals surface area (Å²) >= 11 is 0. The first kappa shape index (κ1) is 13.9. The van der Waals surface area contributed by atoms with Gasteiger partial charge in [0.1, 0.15) is 5.65 Å². The number of nitrogens with zero attached hydrogens (tertiary/aromatic N) is 3. The number of carbonyl (C=O) groups is 1. The number of pyridine rings is 2. The quantitative estimate of drug-likeness (QED) is 0.456. The minimum Gasteiger partial charge on any atom is -0.298 e. The van der Waals surface area contributed by atoms with Gasteiger partial charge in [0.2, 0.25) is 0 Å². The number of benzene rings is 2. The predicted octanol–water partition coefficient (Wildman–Crippen LogP) is 4.27. The molecule has 0 saturated heterocycles. The van der Waals surface area contributed by atoms with Gasteiger partial charge in [-0.3, -0.25) is 14.2 Å². The van der Waals surface area contributed by atoms with Crippen LogP contribution in [0.5, 0.6) is 0 Å². The highest BCUT2D eigenvalue weighted by molar-refractivity contribution is 6.20. The lowest BCUT2D eigenvalue weighted by atomic mass is 10.00. The number of fused-ring (bicyclic) bond motifs is 4. The first-order valence-electron chi connectivity index (χ1n) is 8.06. The minimum atomic E-state index is -0.0646. The second-order valence-electron chi connectivity index (χ2n) is 5.96. The van der Waals surface area contributed by atoms with E-state index in [2.05, 4.69) is 4.98 Å². The van der Waals surface area contributed by atoms with Gasteiger partial charge in [-0.25, -0.2) is 4.98 Å². The molecule has 2 aromatic carbocycles. The Bertz CT molecular complexity index is 1260. The first-order chi connectivity index (χ1) is 12.3. The van der Waals surface area contributed by atoms with Gasteiger partial charge in [0, 0.05) is 24.2 Å². The number of hydrogen-bond donors (Lipinski definition) is 0. The average Bonchev–Trinajstić information content (AvgIpc) is 3.04. The lowest BCUT2D eigenvalue weighted by Crippen LogP contribution is -2.06. The molecule has 4 heteroatoms. The van der Waals surface area contributed by atoms with Crippen LogP contribution >= 0.6 is 0 Å². The molecule has 5 aromatic rings. The van der Waals surface area contributed by atoms with Crippen LogP contribution in [0.1, 0.15) is 15.9 Å². The molecule has 118 valence electrons. The van der Waals surface area contributed by atoms with Gasteiger partial charge in [0.25, 0.3) is 0 Å². The van der Waals surface area contributed by atoms with Crippen molar-refractivity contribution in [3.05, 3.63) is 90.4 Å². The molecule has 25 heavy (non-hydrogen) atoms. The minimum absolute atomic E-state index is 0.0646. The third-order valence-corrected chi connectivity index (χ3v) is 4.47. The summed E-state index contributed by atoms with van der Waals surface area (Å²) < 4.78 is 2.00. The summed E-state index contributed by atoms with van der Waals surface area (Å²) in [6.07, 6.45) is 5.31. The molecule has 0 radical (unpaired) electrons. The number of hydrogen-bond acceptors (Lipinski definition) is 3. The maximum Gasteiger partial charge on any atom is 0.198 e. The molecule has 0 atom stereocenters. The number of carbonyl (C=O) groups excluding carboxylic acids is 1.